The monoisotopic (exact) mass is 213 g/mol. The van der Waals surface area contributed by atoms with E-state index in [0.29, 0.717) is 24.0 Å². The van der Waals surface area contributed by atoms with Crippen LogP contribution in [-0.4, -0.2) is 25.4 Å². The third-order valence-corrected chi connectivity index (χ3v) is 3.73. The Balaban J connectivity index is 1.82. The molecule has 0 spiro atoms. The van der Waals surface area contributed by atoms with Crippen LogP contribution < -0.4 is 5.48 Å². The van der Waals surface area contributed by atoms with Crippen LogP contribution in [0.1, 0.15) is 34.1 Å². The van der Waals surface area contributed by atoms with Crippen LogP contribution in [-0.2, 0) is 9.57 Å². The number of hydroxylamine groups is 1. The van der Waals surface area contributed by atoms with Crippen molar-refractivity contribution in [2.24, 2.45) is 17.3 Å². The van der Waals surface area contributed by atoms with Crippen molar-refractivity contribution in [2.75, 3.05) is 13.2 Å². The molecule has 0 bridgehead atoms. The number of ether oxygens (including phenoxy) is 1. The van der Waals surface area contributed by atoms with E-state index < -0.39 is 0 Å². The van der Waals surface area contributed by atoms with E-state index in [4.69, 9.17) is 9.57 Å². The zero-order valence-electron chi connectivity index (χ0n) is 10.2. The van der Waals surface area contributed by atoms with Gasteiger partial charge in [0.1, 0.15) is 0 Å². The molecule has 1 heterocycles. The molecule has 1 N–H and O–H groups in total. The minimum atomic E-state index is 0.220. The van der Waals surface area contributed by atoms with Gasteiger partial charge in [0, 0.05) is 24.0 Å². The van der Waals surface area contributed by atoms with Crippen molar-refractivity contribution in [3.05, 3.63) is 0 Å². The van der Waals surface area contributed by atoms with Crippen LogP contribution in [0.2, 0.25) is 0 Å². The lowest BCUT2D eigenvalue weighted by Gasteiger charge is -2.54. The zero-order valence-corrected chi connectivity index (χ0v) is 10.2. The summed E-state index contributed by atoms with van der Waals surface area (Å²) in [7, 11) is 0. The summed E-state index contributed by atoms with van der Waals surface area (Å²) in [5, 5.41) is 0. The summed E-state index contributed by atoms with van der Waals surface area (Å²) in [6.07, 6.45) is 1.62. The van der Waals surface area contributed by atoms with Gasteiger partial charge in [-0.3, -0.25) is 0 Å². The van der Waals surface area contributed by atoms with Gasteiger partial charge < -0.3 is 9.57 Å². The Hall–Kier alpha value is -0.120. The first-order chi connectivity index (χ1) is 7.03. The minimum Gasteiger partial charge on any atom is -0.377 e. The van der Waals surface area contributed by atoms with E-state index in [9.17, 15) is 0 Å². The molecule has 0 radical (unpaired) electrons. The lowest BCUT2D eigenvalue weighted by atomic mass is 9.58. The predicted molar refractivity (Wildman–Crippen MR) is 59.3 cm³/mol. The molecule has 3 atom stereocenters. The van der Waals surface area contributed by atoms with Gasteiger partial charge in [-0.05, 0) is 12.3 Å². The number of hydrogen-bond donors (Lipinski definition) is 1. The predicted octanol–water partition coefficient (Wildman–Crippen LogP) is 1.98. The summed E-state index contributed by atoms with van der Waals surface area (Å²) in [6, 6.07) is 0.462. The highest BCUT2D eigenvalue weighted by molar-refractivity contribution is 5.10. The van der Waals surface area contributed by atoms with Gasteiger partial charge in [0.15, 0.2) is 0 Å². The van der Waals surface area contributed by atoms with Gasteiger partial charge >= 0.3 is 0 Å². The molecule has 3 unspecified atom stereocenters. The Bertz CT molecular complexity index is 228. The summed E-state index contributed by atoms with van der Waals surface area (Å²) in [4.78, 5) is 5.54. The van der Waals surface area contributed by atoms with Gasteiger partial charge in [-0.15, -0.1) is 0 Å². The van der Waals surface area contributed by atoms with E-state index in [1.807, 2.05) is 0 Å². The first-order valence-electron chi connectivity index (χ1n) is 6.02. The van der Waals surface area contributed by atoms with E-state index in [-0.39, 0.29) is 5.41 Å². The van der Waals surface area contributed by atoms with Crippen molar-refractivity contribution >= 4 is 0 Å². The third-order valence-electron chi connectivity index (χ3n) is 3.73. The smallest absolute Gasteiger partial charge is 0.0705 e. The maximum absolute atomic E-state index is 5.73. The molecule has 0 aromatic rings. The topological polar surface area (TPSA) is 30.5 Å². The van der Waals surface area contributed by atoms with E-state index >= 15 is 0 Å². The fraction of sp³-hybridized carbons (Fsp3) is 1.00. The summed E-state index contributed by atoms with van der Waals surface area (Å²) in [5.74, 6) is 1.24. The summed E-state index contributed by atoms with van der Waals surface area (Å²) < 4.78 is 5.73. The maximum Gasteiger partial charge on any atom is 0.0705 e. The van der Waals surface area contributed by atoms with Crippen LogP contribution in [0.5, 0.6) is 0 Å². The largest absolute Gasteiger partial charge is 0.377 e. The molecule has 3 nitrogen and oxygen atoms in total. The number of fused-ring (bicyclic) bond motifs is 1. The molecule has 0 aromatic carbocycles. The summed E-state index contributed by atoms with van der Waals surface area (Å²) in [5.41, 5.74) is 3.45. The molecule has 88 valence electrons. The molecule has 2 aliphatic rings. The Morgan fingerprint density at radius 2 is 2.20 bits per heavy atom. The first kappa shape index (κ1) is 11.4. The molecule has 0 amide bonds. The van der Waals surface area contributed by atoms with Crippen LogP contribution in [0.3, 0.4) is 0 Å². The van der Waals surface area contributed by atoms with Crippen LogP contribution >= 0.6 is 0 Å². The number of nitrogens with one attached hydrogen (secondary N) is 1. The highest BCUT2D eigenvalue weighted by Gasteiger charge is 2.59. The molecule has 15 heavy (non-hydrogen) atoms. The Labute approximate surface area is 92.5 Å². The van der Waals surface area contributed by atoms with E-state index in [1.165, 1.54) is 6.42 Å². The molecule has 3 heteroatoms. The van der Waals surface area contributed by atoms with Crippen molar-refractivity contribution in [3.63, 3.8) is 0 Å². The maximum atomic E-state index is 5.73. The third kappa shape index (κ3) is 1.93. The number of hydrogen-bond acceptors (Lipinski definition) is 3. The average Bonchev–Trinajstić information content (AvgIpc) is 2.58. The van der Waals surface area contributed by atoms with Crippen molar-refractivity contribution < 1.29 is 9.57 Å². The van der Waals surface area contributed by atoms with Gasteiger partial charge in [0.05, 0.1) is 12.7 Å². The molecule has 1 aliphatic carbocycles. The summed E-state index contributed by atoms with van der Waals surface area (Å²) in [6.45, 7) is 10.5. The molecular formula is C12H23NO2. The second-order valence-electron chi connectivity index (χ2n) is 5.87. The molecule has 1 saturated carbocycles. The molecule has 1 saturated heterocycles. The van der Waals surface area contributed by atoms with Gasteiger partial charge in [0.2, 0.25) is 0 Å². The fourth-order valence-electron chi connectivity index (χ4n) is 2.87. The quantitative estimate of drug-likeness (QED) is 0.724. The zero-order chi connectivity index (χ0) is 11.1. The van der Waals surface area contributed by atoms with Gasteiger partial charge in [-0.2, -0.15) is 5.48 Å². The Morgan fingerprint density at radius 1 is 1.47 bits per heavy atom. The van der Waals surface area contributed by atoms with Crippen LogP contribution in [0.4, 0.5) is 0 Å². The molecule has 2 rings (SSSR count). The SMILES string of the molecule is CC(C)CONC1C2CCOC2C1(C)C. The molecule has 2 fully saturated rings. The second kappa shape index (κ2) is 4.04. The fourth-order valence-corrected chi connectivity index (χ4v) is 2.87. The Kier molecular flexibility index (Phi) is 3.06. The van der Waals surface area contributed by atoms with Gasteiger partial charge in [-0.25, -0.2) is 0 Å². The standard InChI is InChI=1S/C12H23NO2/c1-8(2)7-15-13-10-9-5-6-14-11(9)12(10,3)4/h8-11,13H,5-7H2,1-4H3. The molecule has 0 aromatic heterocycles. The average molecular weight is 213 g/mol. The van der Waals surface area contributed by atoms with Crippen molar-refractivity contribution in [1.82, 2.24) is 5.48 Å². The van der Waals surface area contributed by atoms with Gasteiger partial charge in [0.25, 0.3) is 0 Å². The van der Waals surface area contributed by atoms with Crippen LogP contribution in [0.25, 0.3) is 0 Å². The van der Waals surface area contributed by atoms with Crippen molar-refractivity contribution in [2.45, 2.75) is 46.3 Å². The van der Waals surface area contributed by atoms with Crippen molar-refractivity contribution in [3.8, 4) is 0 Å². The molecular weight excluding hydrogens is 190 g/mol. The molecule has 1 aliphatic heterocycles. The highest BCUT2D eigenvalue weighted by atomic mass is 16.6. The highest BCUT2D eigenvalue weighted by Crippen LogP contribution is 2.52. The Morgan fingerprint density at radius 3 is 2.87 bits per heavy atom. The van der Waals surface area contributed by atoms with Crippen LogP contribution in [0.15, 0.2) is 0 Å². The van der Waals surface area contributed by atoms with E-state index in [0.717, 1.165) is 13.2 Å². The first-order valence-corrected chi connectivity index (χ1v) is 6.02. The van der Waals surface area contributed by atoms with E-state index in [1.54, 1.807) is 0 Å². The van der Waals surface area contributed by atoms with Gasteiger partial charge in [-0.1, -0.05) is 27.7 Å². The van der Waals surface area contributed by atoms with E-state index in [2.05, 4.69) is 33.2 Å². The lowest BCUT2D eigenvalue weighted by molar-refractivity contribution is -0.162. The lowest BCUT2D eigenvalue weighted by Crippen LogP contribution is -2.65. The van der Waals surface area contributed by atoms with Crippen molar-refractivity contribution in [1.29, 1.82) is 0 Å². The normalized spacial score (nSPS) is 37.8. The number of rotatable bonds is 4. The second-order valence-corrected chi connectivity index (χ2v) is 5.87. The van der Waals surface area contributed by atoms with Crippen LogP contribution in [0, 0.1) is 17.3 Å². The minimum absolute atomic E-state index is 0.220. The summed E-state index contributed by atoms with van der Waals surface area (Å²) >= 11 is 0.